The molecule has 0 rings (SSSR count). The molecule has 7 heteroatoms. The summed E-state index contributed by atoms with van der Waals surface area (Å²) in [6.07, 6.45) is 0.604. The molecule has 0 saturated heterocycles. The van der Waals surface area contributed by atoms with Gasteiger partial charge in [0, 0.05) is 16.3 Å². The van der Waals surface area contributed by atoms with E-state index in [-0.39, 0.29) is 6.42 Å². The van der Waals surface area contributed by atoms with Crippen LogP contribution in [0.2, 0.25) is 0 Å². The van der Waals surface area contributed by atoms with Gasteiger partial charge in [0.2, 0.25) is 6.04 Å². The normalized spacial score (nSPS) is 14.5. The predicted molar refractivity (Wildman–Crippen MR) is 41.8 cm³/mol. The second-order valence-corrected chi connectivity index (χ2v) is 2.38. The van der Waals surface area contributed by atoms with Gasteiger partial charge >= 0.3 is 0 Å². The Kier molecular flexibility index (Phi) is 4.57. The van der Waals surface area contributed by atoms with Gasteiger partial charge in [0.25, 0.3) is 12.3 Å². The quantitative estimate of drug-likeness (QED) is 0.431. The van der Waals surface area contributed by atoms with Crippen LogP contribution in [0.15, 0.2) is 0 Å². The molecule has 0 bridgehead atoms. The van der Waals surface area contributed by atoms with E-state index in [1.807, 2.05) is 0 Å². The molecule has 0 N–H and O–H groups in total. The van der Waals surface area contributed by atoms with Crippen LogP contribution in [-0.4, -0.2) is 28.2 Å². The first-order valence-electron chi connectivity index (χ1n) is 3.46. The molecule has 0 amide bonds. The van der Waals surface area contributed by atoms with Crippen LogP contribution in [0.5, 0.6) is 0 Å². The van der Waals surface area contributed by atoms with Crippen LogP contribution < -0.4 is 0 Å². The van der Waals surface area contributed by atoms with E-state index >= 15 is 0 Å². The van der Waals surface area contributed by atoms with E-state index in [1.54, 1.807) is 0 Å². The van der Waals surface area contributed by atoms with Crippen molar-refractivity contribution in [3.05, 3.63) is 27.2 Å². The Balaban J connectivity index is 4.27. The van der Waals surface area contributed by atoms with Crippen molar-refractivity contribution in [1.82, 2.24) is 0 Å². The molecule has 2 atom stereocenters. The summed E-state index contributed by atoms with van der Waals surface area (Å²) in [4.78, 5) is 28.8. The second-order valence-electron chi connectivity index (χ2n) is 2.38. The number of carbonyl (C=O) groups excluding carboxylic acids is 1. The van der Waals surface area contributed by atoms with E-state index in [1.165, 1.54) is 0 Å². The SMILES string of the molecule is [CH2]CC(CC([C]=O)[N+](=O)[O-])[N+](=O)[O-]. The Labute approximate surface area is 74.0 Å². The molecule has 0 aromatic rings. The summed E-state index contributed by atoms with van der Waals surface area (Å²) in [6, 6.07) is -2.78. The lowest BCUT2D eigenvalue weighted by atomic mass is 10.1. The van der Waals surface area contributed by atoms with Gasteiger partial charge in [0.1, 0.15) is 0 Å². The minimum atomic E-state index is -1.63. The first kappa shape index (κ1) is 11.5. The molecule has 0 aliphatic heterocycles. The lowest BCUT2D eigenvalue weighted by Gasteiger charge is -2.05. The van der Waals surface area contributed by atoms with Gasteiger partial charge in [-0.1, -0.05) is 0 Å². The van der Waals surface area contributed by atoms with E-state index < -0.39 is 28.4 Å². The predicted octanol–water partition coefficient (Wildman–Crippen LogP) is 0.000990. The van der Waals surface area contributed by atoms with Crippen LogP contribution in [0.25, 0.3) is 0 Å². The third kappa shape index (κ3) is 3.59. The average Bonchev–Trinajstić information content (AvgIpc) is 2.05. The number of hydrogen-bond donors (Lipinski definition) is 0. The van der Waals surface area contributed by atoms with Crippen molar-refractivity contribution in [3.63, 3.8) is 0 Å². The second kappa shape index (κ2) is 5.18. The fraction of sp³-hybridized carbons (Fsp3) is 0.667. The average molecular weight is 188 g/mol. The Morgan fingerprint density at radius 1 is 1.31 bits per heavy atom. The van der Waals surface area contributed by atoms with E-state index in [9.17, 15) is 25.0 Å². The summed E-state index contributed by atoms with van der Waals surface area (Å²) in [5.41, 5.74) is 0. The van der Waals surface area contributed by atoms with E-state index in [4.69, 9.17) is 0 Å². The maximum absolute atomic E-state index is 10.2. The molecule has 0 aromatic carbocycles. The molecular weight excluding hydrogens is 180 g/mol. The fourth-order valence-corrected chi connectivity index (χ4v) is 0.744. The Hall–Kier alpha value is -1.53. The first-order chi connectivity index (χ1) is 6.02. The topological polar surface area (TPSA) is 103 Å². The lowest BCUT2D eigenvalue weighted by Crippen LogP contribution is -2.30. The van der Waals surface area contributed by atoms with Crippen LogP contribution in [0.3, 0.4) is 0 Å². The van der Waals surface area contributed by atoms with E-state index in [0.29, 0.717) is 0 Å². The fourth-order valence-electron chi connectivity index (χ4n) is 0.744. The van der Waals surface area contributed by atoms with Gasteiger partial charge in [-0.3, -0.25) is 25.0 Å². The number of nitrogens with zero attached hydrogens (tertiary/aromatic N) is 2. The van der Waals surface area contributed by atoms with Crippen molar-refractivity contribution in [2.24, 2.45) is 0 Å². The smallest absolute Gasteiger partial charge is 0.283 e. The van der Waals surface area contributed by atoms with Crippen LogP contribution in [-0.2, 0) is 4.79 Å². The molecule has 2 unspecified atom stereocenters. The molecule has 0 aliphatic carbocycles. The first-order valence-corrected chi connectivity index (χ1v) is 3.46. The van der Waals surface area contributed by atoms with Crippen LogP contribution in [0.1, 0.15) is 12.8 Å². The minimum Gasteiger partial charge on any atom is -0.283 e. The van der Waals surface area contributed by atoms with Gasteiger partial charge in [0.05, 0.1) is 6.42 Å². The minimum absolute atomic E-state index is 0.0843. The van der Waals surface area contributed by atoms with Gasteiger partial charge in [-0.2, -0.15) is 0 Å². The van der Waals surface area contributed by atoms with Crippen molar-refractivity contribution in [2.75, 3.05) is 0 Å². The Bertz CT molecular complexity index is 217. The van der Waals surface area contributed by atoms with Crippen molar-refractivity contribution in [3.8, 4) is 0 Å². The van der Waals surface area contributed by atoms with Crippen LogP contribution in [0.4, 0.5) is 0 Å². The zero-order valence-electron chi connectivity index (χ0n) is 6.71. The number of hydrogen-bond acceptors (Lipinski definition) is 5. The van der Waals surface area contributed by atoms with Crippen molar-refractivity contribution in [2.45, 2.75) is 24.9 Å². The molecule has 0 aromatic heterocycles. The zero-order valence-corrected chi connectivity index (χ0v) is 6.71. The molecule has 0 fully saturated rings. The summed E-state index contributed by atoms with van der Waals surface area (Å²) in [7, 11) is 0. The maximum atomic E-state index is 10.2. The van der Waals surface area contributed by atoms with Gasteiger partial charge in [-0.25, -0.2) is 0 Å². The molecule has 72 valence electrons. The highest BCUT2D eigenvalue weighted by molar-refractivity contribution is 5.56. The summed E-state index contributed by atoms with van der Waals surface area (Å²) >= 11 is 0. The molecule has 13 heavy (non-hydrogen) atoms. The highest BCUT2D eigenvalue weighted by atomic mass is 16.6. The molecule has 2 radical (unpaired) electrons. The van der Waals surface area contributed by atoms with Gasteiger partial charge in [-0.15, -0.1) is 0 Å². The maximum Gasteiger partial charge on any atom is 0.284 e. The molecule has 0 heterocycles. The summed E-state index contributed by atoms with van der Waals surface area (Å²) in [5, 5.41) is 20.3. The third-order valence-electron chi connectivity index (χ3n) is 1.52. The van der Waals surface area contributed by atoms with E-state index in [2.05, 4.69) is 6.92 Å². The number of rotatable bonds is 6. The molecule has 0 spiro atoms. The van der Waals surface area contributed by atoms with E-state index in [0.717, 1.165) is 6.29 Å². The summed E-state index contributed by atoms with van der Waals surface area (Å²) < 4.78 is 0. The highest BCUT2D eigenvalue weighted by Gasteiger charge is 2.30. The third-order valence-corrected chi connectivity index (χ3v) is 1.52. The highest BCUT2D eigenvalue weighted by Crippen LogP contribution is 2.06. The molecule has 0 aliphatic rings. The lowest BCUT2D eigenvalue weighted by molar-refractivity contribution is -0.549. The molecular formula is C6H8N2O5. The summed E-state index contributed by atoms with van der Waals surface area (Å²) in [5.74, 6) is 0. The van der Waals surface area contributed by atoms with Gasteiger partial charge in [-0.05, 0) is 6.92 Å². The molecule has 0 saturated carbocycles. The Morgan fingerprint density at radius 3 is 2.08 bits per heavy atom. The Morgan fingerprint density at radius 2 is 1.85 bits per heavy atom. The number of nitro groups is 2. The van der Waals surface area contributed by atoms with Gasteiger partial charge < -0.3 is 0 Å². The largest absolute Gasteiger partial charge is 0.284 e. The monoisotopic (exact) mass is 188 g/mol. The standard InChI is InChI=1S/C6H8N2O5/c1-2-5(7(10)11)3-6(4-9)8(12)13/h5-6H,1-3H2. The van der Waals surface area contributed by atoms with Crippen LogP contribution >= 0.6 is 0 Å². The van der Waals surface area contributed by atoms with Crippen LogP contribution in [0, 0.1) is 27.2 Å². The molecule has 7 nitrogen and oxygen atoms in total. The van der Waals surface area contributed by atoms with Crippen molar-refractivity contribution >= 4 is 6.29 Å². The van der Waals surface area contributed by atoms with Crippen molar-refractivity contribution in [1.29, 1.82) is 0 Å². The zero-order chi connectivity index (χ0) is 10.4. The van der Waals surface area contributed by atoms with Gasteiger partial charge in [0.15, 0.2) is 0 Å². The van der Waals surface area contributed by atoms with Crippen molar-refractivity contribution < 1.29 is 14.6 Å². The summed E-state index contributed by atoms with van der Waals surface area (Å²) in [6.45, 7) is 3.26.